The lowest BCUT2D eigenvalue weighted by molar-refractivity contribution is -0.126. The number of hydrogen-bond donors (Lipinski definition) is 2. The van der Waals surface area contributed by atoms with Crippen LogP contribution in [0, 0.1) is 5.92 Å². The van der Waals surface area contributed by atoms with Crippen LogP contribution in [0.5, 0.6) is 0 Å². The maximum absolute atomic E-state index is 11.8. The van der Waals surface area contributed by atoms with E-state index in [1.165, 1.54) is 0 Å². The molecule has 1 aromatic heterocycles. The molecule has 0 aromatic carbocycles. The summed E-state index contributed by atoms with van der Waals surface area (Å²) in [5.41, 5.74) is -0.384. The minimum absolute atomic E-state index is 0.00386. The second kappa shape index (κ2) is 6.00. The van der Waals surface area contributed by atoms with E-state index in [4.69, 9.17) is 0 Å². The van der Waals surface area contributed by atoms with E-state index in [1.807, 2.05) is 13.8 Å². The van der Waals surface area contributed by atoms with Gasteiger partial charge < -0.3 is 10.4 Å². The van der Waals surface area contributed by atoms with Gasteiger partial charge in [-0.25, -0.2) is 0 Å². The molecule has 0 aliphatic heterocycles. The predicted molar refractivity (Wildman–Crippen MR) is 69.9 cm³/mol. The third kappa shape index (κ3) is 3.57. The smallest absolute Gasteiger partial charge is 0.223 e. The third-order valence-corrected chi connectivity index (χ3v) is 3.29. The number of nitrogens with zero attached hydrogens (tertiary/aromatic N) is 2. The first-order valence-corrected chi connectivity index (χ1v) is 6.40. The second-order valence-electron chi connectivity index (χ2n) is 4.91. The first-order chi connectivity index (χ1) is 8.40. The van der Waals surface area contributed by atoms with Crippen LogP contribution < -0.4 is 5.32 Å². The molecule has 0 bridgehead atoms. The molecule has 0 fully saturated rings. The van der Waals surface area contributed by atoms with Gasteiger partial charge in [-0.05, 0) is 19.8 Å². The van der Waals surface area contributed by atoms with Crippen molar-refractivity contribution in [3.8, 4) is 0 Å². The maximum Gasteiger partial charge on any atom is 0.223 e. The highest BCUT2D eigenvalue weighted by atomic mass is 16.3. The number of rotatable bonds is 6. The fraction of sp³-hybridized carbons (Fsp3) is 0.692. The van der Waals surface area contributed by atoms with E-state index in [2.05, 4.69) is 10.4 Å². The molecule has 0 unspecified atom stereocenters. The van der Waals surface area contributed by atoms with E-state index in [0.717, 1.165) is 12.8 Å². The molecule has 102 valence electrons. The lowest BCUT2D eigenvalue weighted by Gasteiger charge is -2.23. The van der Waals surface area contributed by atoms with Gasteiger partial charge in [0.15, 0.2) is 0 Å². The Kier molecular flexibility index (Phi) is 4.90. The average Bonchev–Trinajstić information content (AvgIpc) is 2.76. The van der Waals surface area contributed by atoms with Gasteiger partial charge in [-0.3, -0.25) is 9.48 Å². The highest BCUT2D eigenvalue weighted by Gasteiger charge is 2.26. The number of carbonyl (C=O) groups excluding carboxylic acids is 1. The molecule has 2 N–H and O–H groups in total. The van der Waals surface area contributed by atoms with Crippen LogP contribution in [0.1, 0.15) is 39.2 Å². The summed E-state index contributed by atoms with van der Waals surface area (Å²) >= 11 is 0. The molecule has 1 rings (SSSR count). The maximum atomic E-state index is 11.8. The number of carbonyl (C=O) groups is 1. The Morgan fingerprint density at radius 2 is 2.17 bits per heavy atom. The van der Waals surface area contributed by atoms with Crippen molar-refractivity contribution in [3.63, 3.8) is 0 Å². The molecule has 0 aliphatic rings. The molecule has 1 atom stereocenters. The fourth-order valence-electron chi connectivity index (χ4n) is 1.86. The summed E-state index contributed by atoms with van der Waals surface area (Å²) in [4.78, 5) is 11.8. The van der Waals surface area contributed by atoms with E-state index in [0.29, 0.717) is 5.56 Å². The average molecular weight is 253 g/mol. The Bertz CT molecular complexity index is 395. The summed E-state index contributed by atoms with van der Waals surface area (Å²) in [6, 6.07) is 0. The highest BCUT2D eigenvalue weighted by molar-refractivity contribution is 5.78. The Morgan fingerprint density at radius 3 is 2.61 bits per heavy atom. The van der Waals surface area contributed by atoms with Gasteiger partial charge in [0.25, 0.3) is 0 Å². The van der Waals surface area contributed by atoms with Crippen molar-refractivity contribution >= 4 is 5.91 Å². The molecule has 0 aliphatic carbocycles. The zero-order valence-electron chi connectivity index (χ0n) is 11.6. The van der Waals surface area contributed by atoms with Crippen LogP contribution in [-0.4, -0.2) is 27.3 Å². The summed E-state index contributed by atoms with van der Waals surface area (Å²) in [5, 5.41) is 17.1. The molecule has 0 spiro atoms. The molecular weight excluding hydrogens is 230 g/mol. The molecule has 5 nitrogen and oxygen atoms in total. The summed E-state index contributed by atoms with van der Waals surface area (Å²) in [7, 11) is 1.79. The zero-order chi connectivity index (χ0) is 13.8. The largest absolute Gasteiger partial charge is 0.383 e. The lowest BCUT2D eigenvalue weighted by Crippen LogP contribution is -2.40. The van der Waals surface area contributed by atoms with Crippen molar-refractivity contribution in [2.75, 3.05) is 6.54 Å². The number of nitrogens with one attached hydrogen (secondary N) is 1. The molecular formula is C13H23N3O2. The van der Waals surface area contributed by atoms with Gasteiger partial charge in [-0.15, -0.1) is 0 Å². The quantitative estimate of drug-likeness (QED) is 0.800. The van der Waals surface area contributed by atoms with E-state index in [1.54, 1.807) is 31.0 Å². The topological polar surface area (TPSA) is 67.2 Å². The van der Waals surface area contributed by atoms with Gasteiger partial charge in [0.2, 0.25) is 5.91 Å². The van der Waals surface area contributed by atoms with Crippen LogP contribution in [0.25, 0.3) is 0 Å². The third-order valence-electron chi connectivity index (χ3n) is 3.29. The SMILES string of the molecule is CCC(CC)C(=O)NC[C@](C)(O)c1cnn(C)c1. The first kappa shape index (κ1) is 14.7. The molecule has 0 saturated heterocycles. The van der Waals surface area contributed by atoms with E-state index < -0.39 is 5.60 Å². The van der Waals surface area contributed by atoms with Crippen molar-refractivity contribution in [2.24, 2.45) is 13.0 Å². The van der Waals surface area contributed by atoms with Crippen molar-refractivity contribution < 1.29 is 9.90 Å². The van der Waals surface area contributed by atoms with Gasteiger partial charge in [0.1, 0.15) is 5.60 Å². The number of amides is 1. The van der Waals surface area contributed by atoms with Gasteiger partial charge >= 0.3 is 0 Å². The van der Waals surface area contributed by atoms with Gasteiger partial charge in [-0.2, -0.15) is 5.10 Å². The molecule has 5 heteroatoms. The fourth-order valence-corrected chi connectivity index (χ4v) is 1.86. The minimum Gasteiger partial charge on any atom is -0.383 e. The van der Waals surface area contributed by atoms with E-state index in [-0.39, 0.29) is 18.4 Å². The summed E-state index contributed by atoms with van der Waals surface area (Å²) < 4.78 is 1.63. The number of aryl methyl sites for hydroxylation is 1. The van der Waals surface area contributed by atoms with E-state index >= 15 is 0 Å². The summed E-state index contributed by atoms with van der Waals surface area (Å²) in [6.45, 7) is 5.87. The van der Waals surface area contributed by atoms with Crippen molar-refractivity contribution in [1.82, 2.24) is 15.1 Å². The molecule has 0 radical (unpaired) electrons. The van der Waals surface area contributed by atoms with Crippen LogP contribution in [0.15, 0.2) is 12.4 Å². The predicted octanol–water partition coefficient (Wildman–Crippen LogP) is 1.18. The standard InChI is InChI=1S/C13H23N3O2/c1-5-10(6-2)12(17)14-9-13(3,18)11-7-15-16(4)8-11/h7-8,10,18H,5-6,9H2,1-4H3,(H,14,17)/t13-/m0/s1. The van der Waals surface area contributed by atoms with Crippen molar-refractivity contribution in [1.29, 1.82) is 0 Å². The van der Waals surface area contributed by atoms with Crippen LogP contribution in [-0.2, 0) is 17.4 Å². The molecule has 1 amide bonds. The van der Waals surface area contributed by atoms with Crippen molar-refractivity contribution in [3.05, 3.63) is 18.0 Å². The zero-order valence-corrected chi connectivity index (χ0v) is 11.6. The molecule has 0 saturated carbocycles. The van der Waals surface area contributed by atoms with Gasteiger partial charge in [0, 0.05) is 24.7 Å². The normalized spacial score (nSPS) is 14.6. The summed E-state index contributed by atoms with van der Waals surface area (Å²) in [5.74, 6) is 0.0267. The number of aliphatic hydroxyl groups is 1. The molecule has 1 aromatic rings. The number of aromatic nitrogens is 2. The summed E-state index contributed by atoms with van der Waals surface area (Å²) in [6.07, 6.45) is 5.00. The molecule has 1 heterocycles. The van der Waals surface area contributed by atoms with Gasteiger partial charge in [-0.1, -0.05) is 13.8 Å². The van der Waals surface area contributed by atoms with Crippen LogP contribution in [0.4, 0.5) is 0 Å². The lowest BCUT2D eigenvalue weighted by atomic mass is 9.98. The first-order valence-electron chi connectivity index (χ1n) is 6.40. The van der Waals surface area contributed by atoms with E-state index in [9.17, 15) is 9.90 Å². The minimum atomic E-state index is -1.09. The Labute approximate surface area is 108 Å². The number of hydrogen-bond acceptors (Lipinski definition) is 3. The Balaban J connectivity index is 2.59. The van der Waals surface area contributed by atoms with Gasteiger partial charge in [0.05, 0.1) is 12.7 Å². The van der Waals surface area contributed by atoms with Crippen LogP contribution >= 0.6 is 0 Å². The van der Waals surface area contributed by atoms with Crippen molar-refractivity contribution in [2.45, 2.75) is 39.2 Å². The monoisotopic (exact) mass is 253 g/mol. The Morgan fingerprint density at radius 1 is 1.56 bits per heavy atom. The van der Waals surface area contributed by atoms with Crippen LogP contribution in [0.2, 0.25) is 0 Å². The van der Waals surface area contributed by atoms with Crippen LogP contribution in [0.3, 0.4) is 0 Å². The second-order valence-corrected chi connectivity index (χ2v) is 4.91. The Hall–Kier alpha value is -1.36. The highest BCUT2D eigenvalue weighted by Crippen LogP contribution is 2.19. The molecule has 18 heavy (non-hydrogen) atoms.